The van der Waals surface area contributed by atoms with Crippen LogP contribution in [-0.4, -0.2) is 18.0 Å². The molecular formula is C5H8N2O2. The van der Waals surface area contributed by atoms with Gasteiger partial charge in [-0.2, -0.15) is 0 Å². The molecule has 0 aromatic carbocycles. The zero-order chi connectivity index (χ0) is 6.69. The summed E-state index contributed by atoms with van der Waals surface area (Å²) in [7, 11) is 0. The summed E-state index contributed by atoms with van der Waals surface area (Å²) in [4.78, 5) is 9.71. The molecule has 0 atom stereocenters. The van der Waals surface area contributed by atoms with Crippen molar-refractivity contribution in [1.82, 2.24) is 5.32 Å². The summed E-state index contributed by atoms with van der Waals surface area (Å²) < 4.78 is 0. The fourth-order valence-corrected chi connectivity index (χ4v) is 0.769. The maximum atomic E-state index is 10.1. The largest absolute Gasteiger partial charge is 0.307 e. The Labute approximate surface area is 52.7 Å². The average molecular weight is 128 g/mol. The molecule has 0 saturated heterocycles. The van der Waals surface area contributed by atoms with Gasteiger partial charge in [-0.05, 0) is 19.0 Å². The summed E-state index contributed by atoms with van der Waals surface area (Å²) in [6.45, 7) is 1.27. The normalized spacial score (nSPS) is 18.9. The molecule has 1 aliphatic heterocycles. The van der Waals surface area contributed by atoms with Crippen LogP contribution in [0.1, 0.15) is 6.42 Å². The highest BCUT2D eigenvalue weighted by atomic mass is 16.6. The lowest BCUT2D eigenvalue weighted by atomic mass is 10.2. The van der Waals surface area contributed by atoms with Crippen molar-refractivity contribution in [2.45, 2.75) is 6.42 Å². The van der Waals surface area contributed by atoms with Gasteiger partial charge in [0.25, 0.3) is 5.70 Å². The quantitative estimate of drug-likeness (QED) is 0.403. The molecule has 0 aromatic rings. The second kappa shape index (κ2) is 2.59. The van der Waals surface area contributed by atoms with E-state index >= 15 is 0 Å². The molecule has 9 heavy (non-hydrogen) atoms. The molecule has 0 aliphatic carbocycles. The number of nitro groups is 1. The second-order valence-electron chi connectivity index (χ2n) is 1.92. The fourth-order valence-electron chi connectivity index (χ4n) is 0.769. The highest BCUT2D eigenvalue weighted by Crippen LogP contribution is 1.99. The summed E-state index contributed by atoms with van der Waals surface area (Å²) in [5, 5.41) is 13.0. The lowest BCUT2D eigenvalue weighted by molar-refractivity contribution is -0.426. The van der Waals surface area contributed by atoms with Gasteiger partial charge in [0.2, 0.25) is 0 Å². The van der Waals surface area contributed by atoms with Crippen molar-refractivity contribution in [3.8, 4) is 0 Å². The maximum Gasteiger partial charge on any atom is 0.256 e. The standard InChI is InChI=1S/C5H8N2O2/c8-7(9)5-2-1-3-6-4-5/h2,6H,1,3-4H2. The third-order valence-electron chi connectivity index (χ3n) is 1.24. The number of hydrogen-bond acceptors (Lipinski definition) is 3. The Morgan fingerprint density at radius 3 is 2.89 bits per heavy atom. The predicted octanol–water partition coefficient (Wildman–Crippen LogP) is 0.140. The van der Waals surface area contributed by atoms with E-state index in [1.54, 1.807) is 6.08 Å². The van der Waals surface area contributed by atoms with Crippen LogP contribution < -0.4 is 5.32 Å². The third-order valence-corrected chi connectivity index (χ3v) is 1.24. The topological polar surface area (TPSA) is 55.2 Å². The van der Waals surface area contributed by atoms with E-state index in [1.807, 2.05) is 0 Å². The van der Waals surface area contributed by atoms with Gasteiger partial charge in [-0.25, -0.2) is 0 Å². The second-order valence-corrected chi connectivity index (χ2v) is 1.92. The molecule has 1 heterocycles. The van der Waals surface area contributed by atoms with Crippen LogP contribution in [-0.2, 0) is 0 Å². The molecule has 1 rings (SSSR count). The zero-order valence-electron chi connectivity index (χ0n) is 4.96. The number of nitrogens with one attached hydrogen (secondary N) is 1. The van der Waals surface area contributed by atoms with Gasteiger partial charge in [0.1, 0.15) is 0 Å². The van der Waals surface area contributed by atoms with Crippen LogP contribution in [0.4, 0.5) is 0 Å². The molecule has 0 fully saturated rings. The van der Waals surface area contributed by atoms with Crippen LogP contribution in [0.2, 0.25) is 0 Å². The molecule has 4 nitrogen and oxygen atoms in total. The Hall–Kier alpha value is -0.900. The van der Waals surface area contributed by atoms with Gasteiger partial charge >= 0.3 is 0 Å². The fraction of sp³-hybridized carbons (Fsp3) is 0.600. The van der Waals surface area contributed by atoms with Gasteiger partial charge in [-0.15, -0.1) is 0 Å². The maximum absolute atomic E-state index is 10.1. The molecule has 0 spiro atoms. The first-order valence-electron chi connectivity index (χ1n) is 2.85. The Morgan fingerprint density at radius 1 is 1.78 bits per heavy atom. The van der Waals surface area contributed by atoms with E-state index in [0.717, 1.165) is 13.0 Å². The SMILES string of the molecule is O=[N+]([O-])C1=CCCNC1. The van der Waals surface area contributed by atoms with Gasteiger partial charge in [-0.3, -0.25) is 10.1 Å². The van der Waals surface area contributed by atoms with Crippen molar-refractivity contribution >= 4 is 0 Å². The highest BCUT2D eigenvalue weighted by Gasteiger charge is 2.11. The molecular weight excluding hydrogens is 120 g/mol. The summed E-state index contributed by atoms with van der Waals surface area (Å²) >= 11 is 0. The molecule has 4 heteroatoms. The van der Waals surface area contributed by atoms with Crippen molar-refractivity contribution in [2.24, 2.45) is 0 Å². The summed E-state index contributed by atoms with van der Waals surface area (Å²) in [5.74, 6) is 0. The monoisotopic (exact) mass is 128 g/mol. The molecule has 0 bridgehead atoms. The Bertz CT molecular complexity index is 153. The van der Waals surface area contributed by atoms with Crippen LogP contribution >= 0.6 is 0 Å². The van der Waals surface area contributed by atoms with E-state index in [4.69, 9.17) is 0 Å². The summed E-state index contributed by atoms with van der Waals surface area (Å²) in [5.41, 5.74) is 0.293. The van der Waals surface area contributed by atoms with E-state index in [9.17, 15) is 10.1 Å². The minimum Gasteiger partial charge on any atom is -0.307 e. The van der Waals surface area contributed by atoms with Gasteiger partial charge < -0.3 is 5.32 Å². The smallest absolute Gasteiger partial charge is 0.256 e. The van der Waals surface area contributed by atoms with Crippen molar-refractivity contribution < 1.29 is 4.92 Å². The van der Waals surface area contributed by atoms with Gasteiger partial charge in [0, 0.05) is 0 Å². The van der Waals surface area contributed by atoms with E-state index in [-0.39, 0.29) is 4.92 Å². The van der Waals surface area contributed by atoms with Crippen molar-refractivity contribution in [1.29, 1.82) is 0 Å². The van der Waals surface area contributed by atoms with Crippen LogP contribution in [0, 0.1) is 10.1 Å². The summed E-state index contributed by atoms with van der Waals surface area (Å²) in [6.07, 6.45) is 2.44. The third kappa shape index (κ3) is 1.50. The summed E-state index contributed by atoms with van der Waals surface area (Å²) in [6, 6.07) is 0. The van der Waals surface area contributed by atoms with Gasteiger partial charge in [0.15, 0.2) is 0 Å². The van der Waals surface area contributed by atoms with E-state index in [1.165, 1.54) is 0 Å². The average Bonchev–Trinajstić information content (AvgIpc) is 1.90. The van der Waals surface area contributed by atoms with Gasteiger partial charge in [0.05, 0.1) is 11.5 Å². The van der Waals surface area contributed by atoms with E-state index < -0.39 is 0 Å². The van der Waals surface area contributed by atoms with Crippen LogP contribution in [0.3, 0.4) is 0 Å². The molecule has 1 N–H and O–H groups in total. The lowest BCUT2D eigenvalue weighted by Gasteiger charge is -2.05. The molecule has 1 aliphatic rings. The molecule has 0 amide bonds. The highest BCUT2D eigenvalue weighted by molar-refractivity contribution is 4.97. The van der Waals surface area contributed by atoms with E-state index in [2.05, 4.69) is 5.32 Å². The first-order valence-corrected chi connectivity index (χ1v) is 2.85. The van der Waals surface area contributed by atoms with Crippen LogP contribution in [0.15, 0.2) is 11.8 Å². The number of nitrogens with zero attached hydrogens (tertiary/aromatic N) is 1. The molecule has 0 unspecified atom stereocenters. The molecule has 0 saturated carbocycles. The van der Waals surface area contributed by atoms with Crippen molar-refractivity contribution in [3.63, 3.8) is 0 Å². The van der Waals surface area contributed by atoms with E-state index in [0.29, 0.717) is 12.2 Å². The van der Waals surface area contributed by atoms with Crippen molar-refractivity contribution in [3.05, 3.63) is 21.9 Å². The first kappa shape index (κ1) is 6.22. The molecule has 0 radical (unpaired) electrons. The molecule has 50 valence electrons. The number of hydrogen-bond donors (Lipinski definition) is 1. The van der Waals surface area contributed by atoms with Crippen LogP contribution in [0.25, 0.3) is 0 Å². The zero-order valence-corrected chi connectivity index (χ0v) is 4.96. The Morgan fingerprint density at radius 2 is 2.56 bits per heavy atom. The minimum atomic E-state index is -0.341. The lowest BCUT2D eigenvalue weighted by Crippen LogP contribution is -2.25. The minimum absolute atomic E-state index is 0.293. The van der Waals surface area contributed by atoms with Crippen molar-refractivity contribution in [2.75, 3.05) is 13.1 Å². The molecule has 0 aromatic heterocycles. The van der Waals surface area contributed by atoms with Gasteiger partial charge in [-0.1, -0.05) is 0 Å². The predicted molar refractivity (Wildman–Crippen MR) is 32.6 cm³/mol. The van der Waals surface area contributed by atoms with Crippen LogP contribution in [0.5, 0.6) is 0 Å². The first-order chi connectivity index (χ1) is 4.30. The Balaban J connectivity index is 2.57. The number of rotatable bonds is 1. The Kier molecular flexibility index (Phi) is 1.79.